The predicted octanol–water partition coefficient (Wildman–Crippen LogP) is -3.49. The molecular weight excluding hydrogens is 425 g/mol. The van der Waals surface area contributed by atoms with Gasteiger partial charge in [0.15, 0.2) is 0 Å². The van der Waals surface area contributed by atoms with Crippen LogP contribution in [0.1, 0.15) is 0 Å². The van der Waals surface area contributed by atoms with Crippen LogP contribution in [-0.4, -0.2) is 110 Å². The van der Waals surface area contributed by atoms with E-state index in [2.05, 4.69) is 4.98 Å². The van der Waals surface area contributed by atoms with E-state index in [1.54, 1.807) is 4.90 Å². The van der Waals surface area contributed by atoms with E-state index in [-0.39, 0.29) is 45.6 Å². The van der Waals surface area contributed by atoms with Gasteiger partial charge in [-0.3, -0.25) is 23.8 Å². The summed E-state index contributed by atoms with van der Waals surface area (Å²) in [5.41, 5.74) is -1.28. The van der Waals surface area contributed by atoms with E-state index in [1.165, 1.54) is 6.20 Å². The molecule has 1 fully saturated rings. The Morgan fingerprint density at radius 3 is 2.37 bits per heavy atom. The van der Waals surface area contributed by atoms with Gasteiger partial charge in [-0.15, -0.1) is 0 Å². The maximum Gasteiger partial charge on any atom is 0.329 e. The van der Waals surface area contributed by atoms with Crippen LogP contribution < -0.4 is 11.2 Å². The first-order chi connectivity index (χ1) is 14.2. The van der Waals surface area contributed by atoms with Gasteiger partial charge in [0, 0.05) is 31.9 Å². The Kier molecular flexibility index (Phi) is 9.34. The number of H-pyrrole nitrogens is 1. The molecule has 1 unspecified atom stereocenters. The molecule has 0 spiro atoms. The molecule has 6 N–H and O–H groups in total. The van der Waals surface area contributed by atoms with Crippen molar-refractivity contribution in [3.63, 3.8) is 0 Å². The van der Waals surface area contributed by atoms with Crippen molar-refractivity contribution in [1.29, 1.82) is 0 Å². The third-order valence-electron chi connectivity index (χ3n) is 4.71. The summed E-state index contributed by atoms with van der Waals surface area (Å²) in [5, 5.41) is 38.2. The number of hydrogen-bond acceptors (Lipinski definition) is 10. The molecule has 1 aromatic heterocycles. The lowest BCUT2D eigenvalue weighted by molar-refractivity contribution is -0.0233. The second-order valence-electron chi connectivity index (χ2n) is 6.90. The smallest absolute Gasteiger partial charge is 0.329 e. The number of aliphatic hydroxyl groups is 4. The summed E-state index contributed by atoms with van der Waals surface area (Å²) >= 11 is 0. The van der Waals surface area contributed by atoms with Crippen LogP contribution in [0.4, 0.5) is 0 Å². The normalized spacial score (nSPS) is 26.2. The van der Waals surface area contributed by atoms with Gasteiger partial charge in [0.25, 0.3) is 5.56 Å². The molecule has 5 atom stereocenters. The van der Waals surface area contributed by atoms with Crippen molar-refractivity contribution in [2.24, 2.45) is 0 Å². The SMILES string of the molecule is O=c1ccn(C[C@@H]2O[C@H](COP(=O)(O)CCN(CCO)CCO)[C@@H](O)[C@H]2O)c(=O)[nH]1. The number of nitrogens with one attached hydrogen (secondary N) is 1. The molecule has 2 rings (SSSR count). The van der Waals surface area contributed by atoms with Crippen molar-refractivity contribution in [2.45, 2.75) is 31.0 Å². The van der Waals surface area contributed by atoms with Crippen LogP contribution >= 0.6 is 7.60 Å². The van der Waals surface area contributed by atoms with Crippen LogP contribution in [0.5, 0.6) is 0 Å². The van der Waals surface area contributed by atoms with E-state index in [0.717, 1.165) is 10.6 Å². The van der Waals surface area contributed by atoms with Gasteiger partial charge in [0.2, 0.25) is 0 Å². The van der Waals surface area contributed by atoms with Crippen LogP contribution in [0.15, 0.2) is 21.9 Å². The molecule has 30 heavy (non-hydrogen) atoms. The van der Waals surface area contributed by atoms with Gasteiger partial charge in [-0.1, -0.05) is 0 Å². The van der Waals surface area contributed by atoms with Gasteiger partial charge in [-0.05, 0) is 0 Å². The minimum Gasteiger partial charge on any atom is -0.395 e. The van der Waals surface area contributed by atoms with E-state index >= 15 is 0 Å². The summed E-state index contributed by atoms with van der Waals surface area (Å²) < 4.78 is 23.8. The molecule has 0 radical (unpaired) electrons. The van der Waals surface area contributed by atoms with E-state index in [1.807, 2.05) is 0 Å². The average molecular weight is 453 g/mol. The molecular formula is C16H28N3O10P. The van der Waals surface area contributed by atoms with Gasteiger partial charge in [-0.25, -0.2) is 4.79 Å². The Hall–Kier alpha value is -1.41. The number of aliphatic hydroxyl groups excluding tert-OH is 4. The maximum absolute atomic E-state index is 12.2. The number of ether oxygens (including phenoxy) is 1. The Labute approximate surface area is 171 Å². The average Bonchev–Trinajstić information content (AvgIpc) is 2.95. The number of aromatic nitrogens is 2. The predicted molar refractivity (Wildman–Crippen MR) is 103 cm³/mol. The van der Waals surface area contributed by atoms with Crippen molar-refractivity contribution >= 4 is 7.60 Å². The lowest BCUT2D eigenvalue weighted by Gasteiger charge is -2.22. The van der Waals surface area contributed by atoms with Crippen LogP contribution in [0.3, 0.4) is 0 Å². The summed E-state index contributed by atoms with van der Waals surface area (Å²) in [7, 11) is -4.06. The van der Waals surface area contributed by atoms with Crippen molar-refractivity contribution in [3.05, 3.63) is 33.1 Å². The van der Waals surface area contributed by atoms with Crippen LogP contribution in [0.2, 0.25) is 0 Å². The summed E-state index contributed by atoms with van der Waals surface area (Å²) in [6.45, 7) is -0.413. The zero-order valence-corrected chi connectivity index (χ0v) is 17.1. The summed E-state index contributed by atoms with van der Waals surface area (Å²) in [6, 6.07) is 1.12. The number of hydrogen-bond donors (Lipinski definition) is 6. The second-order valence-corrected chi connectivity index (χ2v) is 8.88. The van der Waals surface area contributed by atoms with Crippen molar-refractivity contribution in [3.8, 4) is 0 Å². The molecule has 0 bridgehead atoms. The fraction of sp³-hybridized carbons (Fsp3) is 0.750. The highest BCUT2D eigenvalue weighted by Gasteiger charge is 2.43. The maximum atomic E-state index is 12.2. The Bertz CT molecular complexity index is 824. The number of aromatic amines is 1. The highest BCUT2D eigenvalue weighted by atomic mass is 31.2. The van der Waals surface area contributed by atoms with Crippen LogP contribution in [0.25, 0.3) is 0 Å². The highest BCUT2D eigenvalue weighted by Crippen LogP contribution is 2.42. The van der Waals surface area contributed by atoms with E-state index < -0.39 is 49.9 Å². The lowest BCUT2D eigenvalue weighted by atomic mass is 10.1. The minimum absolute atomic E-state index is 0.101. The van der Waals surface area contributed by atoms with Crippen LogP contribution in [-0.2, 0) is 20.4 Å². The first-order valence-corrected chi connectivity index (χ1v) is 11.1. The van der Waals surface area contributed by atoms with E-state index in [0.29, 0.717) is 0 Å². The first kappa shape index (κ1) is 24.9. The van der Waals surface area contributed by atoms with Gasteiger partial charge >= 0.3 is 13.3 Å². The molecule has 2 heterocycles. The molecule has 0 saturated carbocycles. The number of rotatable bonds is 12. The number of nitrogens with zero attached hydrogens (tertiary/aromatic N) is 2. The molecule has 1 aliphatic heterocycles. The Morgan fingerprint density at radius 2 is 1.77 bits per heavy atom. The fourth-order valence-electron chi connectivity index (χ4n) is 3.04. The zero-order valence-electron chi connectivity index (χ0n) is 16.2. The molecule has 172 valence electrons. The van der Waals surface area contributed by atoms with Gasteiger partial charge < -0.3 is 34.6 Å². The molecule has 13 nitrogen and oxygen atoms in total. The molecule has 1 aliphatic rings. The highest BCUT2D eigenvalue weighted by molar-refractivity contribution is 7.52. The molecule has 1 aromatic rings. The Morgan fingerprint density at radius 1 is 1.13 bits per heavy atom. The summed E-state index contributed by atoms with van der Waals surface area (Å²) in [4.78, 5) is 36.5. The first-order valence-electron chi connectivity index (χ1n) is 9.38. The molecule has 0 aromatic carbocycles. The summed E-state index contributed by atoms with van der Waals surface area (Å²) in [6.07, 6.45) is -3.93. The van der Waals surface area contributed by atoms with E-state index in [9.17, 15) is 29.3 Å². The van der Waals surface area contributed by atoms with Crippen molar-refractivity contribution < 1.29 is 39.1 Å². The van der Waals surface area contributed by atoms with Crippen molar-refractivity contribution in [1.82, 2.24) is 14.5 Å². The fourth-order valence-corrected chi connectivity index (χ4v) is 4.08. The topological polar surface area (TPSA) is 195 Å². The second kappa shape index (κ2) is 11.3. The molecule has 0 amide bonds. The van der Waals surface area contributed by atoms with Gasteiger partial charge in [0.1, 0.15) is 24.4 Å². The molecule has 0 aliphatic carbocycles. The quantitative estimate of drug-likeness (QED) is 0.172. The standard InChI is InChI=1S/C16H28N3O10P/c20-6-3-18(4-7-21)5-8-30(26,27)28-10-12-15(24)14(23)11(29-12)9-19-2-1-13(22)17-16(19)25/h1-2,11-12,14-15,20-21,23-24H,3-10H2,(H,26,27)(H,17,22,25)/t11-,12+,14-,15+/m0/s1. The van der Waals surface area contributed by atoms with Crippen molar-refractivity contribution in [2.75, 3.05) is 45.6 Å². The summed E-state index contributed by atoms with van der Waals surface area (Å²) in [5.74, 6) is 0. The third-order valence-corrected chi connectivity index (χ3v) is 6.02. The van der Waals surface area contributed by atoms with Crippen LogP contribution in [0, 0.1) is 0 Å². The molecule has 1 saturated heterocycles. The molecule has 14 heteroatoms. The van der Waals surface area contributed by atoms with Gasteiger partial charge in [0.05, 0.1) is 32.5 Å². The largest absolute Gasteiger partial charge is 0.395 e. The monoisotopic (exact) mass is 453 g/mol. The third kappa shape index (κ3) is 7.08. The minimum atomic E-state index is -4.06. The Balaban J connectivity index is 1.89. The van der Waals surface area contributed by atoms with Gasteiger partial charge in [-0.2, -0.15) is 0 Å². The lowest BCUT2D eigenvalue weighted by Crippen LogP contribution is -2.38. The van der Waals surface area contributed by atoms with E-state index in [4.69, 9.17) is 19.5 Å². The zero-order chi connectivity index (χ0) is 22.3.